The molecule has 0 aliphatic carbocycles. The first-order chi connectivity index (χ1) is 16.1. The highest BCUT2D eigenvalue weighted by atomic mass is 32.1. The molecule has 2 N–H and O–H groups in total. The van der Waals surface area contributed by atoms with E-state index in [0.29, 0.717) is 34.4 Å². The standard InChI is InChI=1S/C26H23N3O3S/c1-18-12-13-22(23(14-18)32-16-19-8-4-2-5-9-19)28-24(30)15-21-17-33-26(27-21)29-25(31)20-10-6-3-7-11-20/h2-14,17H,15-16H2,1H3,(H,28,30)(H,27,29,31). The highest BCUT2D eigenvalue weighted by molar-refractivity contribution is 7.14. The molecule has 1 aromatic heterocycles. The van der Waals surface area contributed by atoms with Gasteiger partial charge >= 0.3 is 0 Å². The second-order valence-electron chi connectivity index (χ2n) is 7.46. The summed E-state index contributed by atoms with van der Waals surface area (Å²) in [5.41, 5.74) is 3.82. The van der Waals surface area contributed by atoms with Gasteiger partial charge < -0.3 is 10.1 Å². The van der Waals surface area contributed by atoms with Crippen LogP contribution in [-0.4, -0.2) is 16.8 Å². The third-order valence-electron chi connectivity index (χ3n) is 4.80. The Bertz CT molecular complexity index is 1240. The number of hydrogen-bond donors (Lipinski definition) is 2. The summed E-state index contributed by atoms with van der Waals surface area (Å²) >= 11 is 1.28. The molecule has 0 fully saturated rings. The molecule has 0 unspecified atom stereocenters. The van der Waals surface area contributed by atoms with Crippen LogP contribution in [0, 0.1) is 6.92 Å². The molecule has 0 radical (unpaired) electrons. The first kappa shape index (κ1) is 22.2. The zero-order valence-electron chi connectivity index (χ0n) is 18.1. The fourth-order valence-electron chi connectivity index (χ4n) is 3.15. The highest BCUT2D eigenvalue weighted by Crippen LogP contribution is 2.27. The molecule has 0 atom stereocenters. The summed E-state index contributed by atoms with van der Waals surface area (Å²) in [4.78, 5) is 29.3. The predicted molar refractivity (Wildman–Crippen MR) is 131 cm³/mol. The van der Waals surface area contributed by atoms with Gasteiger partial charge in [-0.1, -0.05) is 54.6 Å². The summed E-state index contributed by atoms with van der Waals surface area (Å²) in [5.74, 6) is 0.164. The molecule has 1 heterocycles. The quantitative estimate of drug-likeness (QED) is 0.368. The smallest absolute Gasteiger partial charge is 0.257 e. The molecule has 7 heteroatoms. The van der Waals surface area contributed by atoms with E-state index in [1.54, 1.807) is 29.6 Å². The minimum atomic E-state index is -0.235. The molecule has 2 amide bonds. The zero-order chi connectivity index (χ0) is 23.0. The monoisotopic (exact) mass is 457 g/mol. The molecule has 166 valence electrons. The van der Waals surface area contributed by atoms with Crippen LogP contribution in [0.2, 0.25) is 0 Å². The van der Waals surface area contributed by atoms with Crippen molar-refractivity contribution in [3.63, 3.8) is 0 Å². The largest absolute Gasteiger partial charge is 0.487 e. The molecule has 3 aromatic carbocycles. The van der Waals surface area contributed by atoms with E-state index in [9.17, 15) is 9.59 Å². The second-order valence-corrected chi connectivity index (χ2v) is 8.32. The topological polar surface area (TPSA) is 80.3 Å². The Labute approximate surface area is 196 Å². The zero-order valence-corrected chi connectivity index (χ0v) is 18.9. The SMILES string of the molecule is Cc1ccc(NC(=O)Cc2csc(NC(=O)c3ccccc3)n2)c(OCc2ccccc2)c1. The van der Waals surface area contributed by atoms with Crippen molar-refractivity contribution >= 4 is 34.0 Å². The van der Waals surface area contributed by atoms with Gasteiger partial charge in [-0.2, -0.15) is 0 Å². The van der Waals surface area contributed by atoms with E-state index in [4.69, 9.17) is 4.74 Å². The Morgan fingerprint density at radius 2 is 1.67 bits per heavy atom. The molecule has 0 aliphatic heterocycles. The number of aromatic nitrogens is 1. The average molecular weight is 458 g/mol. The van der Waals surface area contributed by atoms with Gasteiger partial charge in [-0.05, 0) is 42.3 Å². The number of nitrogens with one attached hydrogen (secondary N) is 2. The van der Waals surface area contributed by atoms with Gasteiger partial charge in [0.25, 0.3) is 5.91 Å². The summed E-state index contributed by atoms with van der Waals surface area (Å²) in [6.45, 7) is 2.38. The molecule has 0 spiro atoms. The molecular formula is C26H23N3O3S. The fourth-order valence-corrected chi connectivity index (χ4v) is 3.86. The lowest BCUT2D eigenvalue weighted by atomic mass is 10.2. The maximum Gasteiger partial charge on any atom is 0.257 e. The van der Waals surface area contributed by atoms with Crippen molar-refractivity contribution in [3.8, 4) is 5.75 Å². The number of rotatable bonds is 8. The van der Waals surface area contributed by atoms with Crippen molar-refractivity contribution in [2.45, 2.75) is 20.0 Å². The molecule has 4 aromatic rings. The molecular weight excluding hydrogens is 434 g/mol. The maximum absolute atomic E-state index is 12.7. The van der Waals surface area contributed by atoms with Crippen molar-refractivity contribution in [2.75, 3.05) is 10.6 Å². The minimum absolute atomic E-state index is 0.0870. The Morgan fingerprint density at radius 3 is 2.42 bits per heavy atom. The highest BCUT2D eigenvalue weighted by Gasteiger charge is 2.13. The predicted octanol–water partition coefficient (Wildman–Crippen LogP) is 5.46. The van der Waals surface area contributed by atoms with Crippen LogP contribution in [0.5, 0.6) is 5.75 Å². The number of aryl methyl sites for hydroxylation is 1. The number of carbonyl (C=O) groups is 2. The van der Waals surface area contributed by atoms with Gasteiger partial charge in [0.2, 0.25) is 5.91 Å². The lowest BCUT2D eigenvalue weighted by Crippen LogP contribution is -2.16. The lowest BCUT2D eigenvalue weighted by Gasteiger charge is -2.13. The molecule has 0 saturated carbocycles. The van der Waals surface area contributed by atoms with Crippen molar-refractivity contribution in [3.05, 3.63) is 107 Å². The van der Waals surface area contributed by atoms with Crippen LogP contribution in [0.25, 0.3) is 0 Å². The van der Waals surface area contributed by atoms with Crippen LogP contribution in [0.1, 0.15) is 27.2 Å². The molecule has 6 nitrogen and oxygen atoms in total. The number of carbonyl (C=O) groups excluding carboxylic acids is 2. The third-order valence-corrected chi connectivity index (χ3v) is 5.60. The summed E-state index contributed by atoms with van der Waals surface area (Å²) < 4.78 is 5.97. The Kier molecular flexibility index (Phi) is 7.12. The third kappa shape index (κ3) is 6.27. The van der Waals surface area contributed by atoms with Crippen LogP contribution in [0.4, 0.5) is 10.8 Å². The molecule has 4 rings (SSSR count). The molecule has 0 saturated heterocycles. The first-order valence-electron chi connectivity index (χ1n) is 10.4. The van der Waals surface area contributed by atoms with Gasteiger partial charge in [0.05, 0.1) is 17.8 Å². The molecule has 33 heavy (non-hydrogen) atoms. The molecule has 0 aliphatic rings. The number of thiazole rings is 1. The second kappa shape index (κ2) is 10.6. The number of hydrogen-bond acceptors (Lipinski definition) is 5. The van der Waals surface area contributed by atoms with Crippen LogP contribution in [0.15, 0.2) is 84.2 Å². The van der Waals surface area contributed by atoms with Crippen molar-refractivity contribution < 1.29 is 14.3 Å². The van der Waals surface area contributed by atoms with E-state index in [-0.39, 0.29) is 18.2 Å². The Balaban J connectivity index is 1.36. The summed E-state index contributed by atoms with van der Waals surface area (Å²) in [6, 6.07) is 24.4. The number of amides is 2. The fraction of sp³-hybridized carbons (Fsp3) is 0.115. The summed E-state index contributed by atoms with van der Waals surface area (Å²) in [7, 11) is 0. The number of ether oxygens (including phenoxy) is 1. The Hall–Kier alpha value is -3.97. The molecule has 0 bridgehead atoms. The van der Waals surface area contributed by atoms with Crippen LogP contribution < -0.4 is 15.4 Å². The number of nitrogens with zero attached hydrogens (tertiary/aromatic N) is 1. The average Bonchev–Trinajstić information content (AvgIpc) is 3.26. The summed E-state index contributed by atoms with van der Waals surface area (Å²) in [6.07, 6.45) is 0.0870. The van der Waals surface area contributed by atoms with Crippen LogP contribution >= 0.6 is 11.3 Å². The number of anilines is 2. The van der Waals surface area contributed by atoms with Gasteiger partial charge in [-0.15, -0.1) is 11.3 Å². The maximum atomic E-state index is 12.7. The first-order valence-corrected chi connectivity index (χ1v) is 11.3. The van der Waals surface area contributed by atoms with Gasteiger partial charge in [0, 0.05) is 10.9 Å². The summed E-state index contributed by atoms with van der Waals surface area (Å²) in [5, 5.41) is 7.90. The minimum Gasteiger partial charge on any atom is -0.487 e. The van der Waals surface area contributed by atoms with E-state index >= 15 is 0 Å². The van der Waals surface area contributed by atoms with Gasteiger partial charge in [0.1, 0.15) is 12.4 Å². The van der Waals surface area contributed by atoms with E-state index in [1.807, 2.05) is 61.5 Å². The number of benzene rings is 3. The van der Waals surface area contributed by atoms with Crippen molar-refractivity contribution in [1.82, 2.24) is 4.98 Å². The van der Waals surface area contributed by atoms with E-state index < -0.39 is 0 Å². The van der Waals surface area contributed by atoms with E-state index in [2.05, 4.69) is 15.6 Å². The normalized spacial score (nSPS) is 10.5. The van der Waals surface area contributed by atoms with Crippen LogP contribution in [-0.2, 0) is 17.8 Å². The Morgan fingerprint density at radius 1 is 0.939 bits per heavy atom. The van der Waals surface area contributed by atoms with Crippen LogP contribution in [0.3, 0.4) is 0 Å². The van der Waals surface area contributed by atoms with Gasteiger partial charge in [-0.3, -0.25) is 14.9 Å². The van der Waals surface area contributed by atoms with Crippen molar-refractivity contribution in [1.29, 1.82) is 0 Å². The van der Waals surface area contributed by atoms with E-state index in [0.717, 1.165) is 11.1 Å². The van der Waals surface area contributed by atoms with E-state index in [1.165, 1.54) is 11.3 Å². The van der Waals surface area contributed by atoms with Crippen molar-refractivity contribution in [2.24, 2.45) is 0 Å². The van der Waals surface area contributed by atoms with Gasteiger partial charge in [0.15, 0.2) is 5.13 Å². The lowest BCUT2D eigenvalue weighted by molar-refractivity contribution is -0.115. The van der Waals surface area contributed by atoms with Gasteiger partial charge in [-0.25, -0.2) is 4.98 Å².